The van der Waals surface area contributed by atoms with Crippen LogP contribution in [0.4, 0.5) is 4.39 Å². The summed E-state index contributed by atoms with van der Waals surface area (Å²) in [5, 5.41) is 4.29. The van der Waals surface area contributed by atoms with Crippen molar-refractivity contribution in [1.82, 2.24) is 5.32 Å². The summed E-state index contributed by atoms with van der Waals surface area (Å²) in [6.07, 6.45) is 0.890. The van der Waals surface area contributed by atoms with Crippen LogP contribution in [0.3, 0.4) is 0 Å². The molecule has 4 heteroatoms. The van der Waals surface area contributed by atoms with Gasteiger partial charge in [0.2, 0.25) is 0 Å². The van der Waals surface area contributed by atoms with Crippen molar-refractivity contribution < 1.29 is 8.81 Å². The smallest absolute Gasteiger partial charge is 0.149 e. The molecule has 0 amide bonds. The van der Waals surface area contributed by atoms with Gasteiger partial charge in [-0.25, -0.2) is 4.39 Å². The second-order valence-electron chi connectivity index (χ2n) is 6.39. The maximum atomic E-state index is 13.7. The zero-order valence-corrected chi connectivity index (χ0v) is 14.7. The molecule has 21 heavy (non-hydrogen) atoms. The van der Waals surface area contributed by atoms with Gasteiger partial charge in [0.15, 0.2) is 0 Å². The minimum atomic E-state index is -0.234. The van der Waals surface area contributed by atoms with Crippen LogP contribution in [0, 0.1) is 17.7 Å². The first-order valence-electron chi connectivity index (χ1n) is 7.48. The van der Waals surface area contributed by atoms with Crippen molar-refractivity contribution in [3.05, 3.63) is 33.7 Å². The van der Waals surface area contributed by atoms with Gasteiger partial charge in [-0.05, 0) is 52.9 Å². The number of halogens is 2. The molecule has 0 bridgehead atoms. The van der Waals surface area contributed by atoms with Crippen molar-refractivity contribution in [1.29, 1.82) is 0 Å². The Morgan fingerprint density at radius 1 is 1.19 bits per heavy atom. The molecule has 116 valence electrons. The lowest BCUT2D eigenvalue weighted by Gasteiger charge is -2.09. The second-order valence-corrected chi connectivity index (χ2v) is 7.25. The molecule has 1 aromatic heterocycles. The van der Waals surface area contributed by atoms with E-state index in [2.05, 4.69) is 48.9 Å². The number of benzene rings is 1. The molecule has 2 nitrogen and oxygen atoms in total. The van der Waals surface area contributed by atoms with E-state index in [1.165, 1.54) is 6.07 Å². The molecule has 0 atom stereocenters. The first-order valence-corrected chi connectivity index (χ1v) is 8.27. The number of furan rings is 1. The van der Waals surface area contributed by atoms with E-state index in [0.29, 0.717) is 22.9 Å². The molecule has 2 rings (SSSR count). The molecule has 0 aliphatic rings. The molecule has 0 unspecified atom stereocenters. The summed E-state index contributed by atoms with van der Waals surface area (Å²) in [6.45, 7) is 10.3. The Morgan fingerprint density at radius 2 is 1.90 bits per heavy atom. The number of rotatable bonds is 6. The van der Waals surface area contributed by atoms with Crippen LogP contribution in [0.2, 0.25) is 0 Å². The van der Waals surface area contributed by atoms with Gasteiger partial charge in [0, 0.05) is 10.9 Å². The van der Waals surface area contributed by atoms with Gasteiger partial charge in [-0.15, -0.1) is 0 Å². The monoisotopic (exact) mass is 355 g/mol. The van der Waals surface area contributed by atoms with Crippen molar-refractivity contribution in [2.45, 2.75) is 40.7 Å². The highest BCUT2D eigenvalue weighted by Crippen LogP contribution is 2.34. The molecule has 1 aromatic carbocycles. The summed E-state index contributed by atoms with van der Waals surface area (Å²) in [5.41, 5.74) is 1.87. The fourth-order valence-electron chi connectivity index (χ4n) is 2.47. The lowest BCUT2D eigenvalue weighted by Crippen LogP contribution is -2.19. The molecular formula is C17H23BrFNO. The average molecular weight is 356 g/mol. The molecule has 1 N–H and O–H groups in total. The van der Waals surface area contributed by atoms with Gasteiger partial charge in [0.05, 0.1) is 11.0 Å². The van der Waals surface area contributed by atoms with E-state index < -0.39 is 0 Å². The van der Waals surface area contributed by atoms with E-state index in [0.717, 1.165) is 35.3 Å². The summed E-state index contributed by atoms with van der Waals surface area (Å²) in [7, 11) is 0. The van der Waals surface area contributed by atoms with Crippen molar-refractivity contribution in [2.75, 3.05) is 6.54 Å². The molecule has 0 fully saturated rings. The largest absolute Gasteiger partial charge is 0.458 e. The van der Waals surface area contributed by atoms with E-state index in [9.17, 15) is 4.39 Å². The SMILES string of the molecule is CC(C)CNCc1oc2c(Br)cc(F)cc2c1CC(C)C. The molecule has 0 saturated carbocycles. The van der Waals surface area contributed by atoms with E-state index >= 15 is 0 Å². The van der Waals surface area contributed by atoms with Gasteiger partial charge in [-0.1, -0.05) is 27.7 Å². The van der Waals surface area contributed by atoms with Crippen LogP contribution in [-0.2, 0) is 13.0 Å². The van der Waals surface area contributed by atoms with Crippen LogP contribution in [0.1, 0.15) is 39.0 Å². The minimum Gasteiger partial charge on any atom is -0.458 e. The Balaban J connectivity index is 2.40. The lowest BCUT2D eigenvalue weighted by molar-refractivity contribution is 0.476. The fraction of sp³-hybridized carbons (Fsp3) is 0.529. The first-order chi connectivity index (χ1) is 9.88. The van der Waals surface area contributed by atoms with Crippen LogP contribution in [0.25, 0.3) is 11.0 Å². The summed E-state index contributed by atoms with van der Waals surface area (Å²) in [5.74, 6) is 1.77. The molecule has 0 aliphatic heterocycles. The molecule has 0 radical (unpaired) electrons. The Bertz CT molecular complexity index is 619. The van der Waals surface area contributed by atoms with Crippen molar-refractivity contribution in [3.63, 3.8) is 0 Å². The van der Waals surface area contributed by atoms with Gasteiger partial charge in [-0.3, -0.25) is 0 Å². The van der Waals surface area contributed by atoms with Gasteiger partial charge >= 0.3 is 0 Å². The zero-order chi connectivity index (χ0) is 15.6. The van der Waals surface area contributed by atoms with Crippen LogP contribution >= 0.6 is 15.9 Å². The summed E-state index contributed by atoms with van der Waals surface area (Å²) in [6, 6.07) is 3.03. The highest BCUT2D eigenvalue weighted by Gasteiger charge is 2.18. The molecular weight excluding hydrogens is 333 g/mol. The van der Waals surface area contributed by atoms with Crippen LogP contribution in [0.5, 0.6) is 0 Å². The third kappa shape index (κ3) is 4.07. The highest BCUT2D eigenvalue weighted by molar-refractivity contribution is 9.10. The predicted molar refractivity (Wildman–Crippen MR) is 89.0 cm³/mol. The fourth-order valence-corrected chi connectivity index (χ4v) is 2.99. The number of hydrogen-bond donors (Lipinski definition) is 1. The normalized spacial score (nSPS) is 12.0. The van der Waals surface area contributed by atoms with E-state index in [4.69, 9.17) is 4.42 Å². The maximum Gasteiger partial charge on any atom is 0.149 e. The summed E-state index contributed by atoms with van der Waals surface area (Å²) < 4.78 is 20.4. The zero-order valence-electron chi connectivity index (χ0n) is 13.1. The highest BCUT2D eigenvalue weighted by atomic mass is 79.9. The van der Waals surface area contributed by atoms with Crippen LogP contribution in [0.15, 0.2) is 21.0 Å². The Labute approximate surface area is 134 Å². The molecule has 1 heterocycles. The minimum absolute atomic E-state index is 0.234. The van der Waals surface area contributed by atoms with Crippen molar-refractivity contribution >= 4 is 26.9 Å². The number of fused-ring (bicyclic) bond motifs is 1. The predicted octanol–water partition coefficient (Wildman–Crippen LogP) is 5.28. The quantitative estimate of drug-likeness (QED) is 0.762. The molecule has 2 aromatic rings. The lowest BCUT2D eigenvalue weighted by atomic mass is 9.99. The third-order valence-electron chi connectivity index (χ3n) is 3.35. The number of nitrogens with one attached hydrogen (secondary N) is 1. The Kier molecular flexibility index (Phi) is 5.44. The Morgan fingerprint density at radius 3 is 2.52 bits per heavy atom. The van der Waals surface area contributed by atoms with Crippen LogP contribution < -0.4 is 5.32 Å². The molecule has 0 aliphatic carbocycles. The molecule has 0 saturated heterocycles. The van der Waals surface area contributed by atoms with Gasteiger partial charge in [0.1, 0.15) is 17.2 Å². The topological polar surface area (TPSA) is 25.2 Å². The van der Waals surface area contributed by atoms with E-state index in [1.807, 2.05) is 0 Å². The molecule has 0 spiro atoms. The second kappa shape index (κ2) is 6.93. The van der Waals surface area contributed by atoms with Gasteiger partial charge < -0.3 is 9.73 Å². The van der Waals surface area contributed by atoms with Crippen molar-refractivity contribution in [3.8, 4) is 0 Å². The Hall–Kier alpha value is -0.870. The van der Waals surface area contributed by atoms with Crippen LogP contribution in [-0.4, -0.2) is 6.54 Å². The van der Waals surface area contributed by atoms with E-state index in [-0.39, 0.29) is 5.82 Å². The first kappa shape index (κ1) is 16.5. The maximum absolute atomic E-state index is 13.7. The standard InChI is InChI=1S/C17H23BrFNO/c1-10(2)5-13-14-6-12(19)7-15(18)17(14)21-16(13)9-20-8-11(3)4/h6-7,10-11,20H,5,8-9H2,1-4H3. The summed E-state index contributed by atoms with van der Waals surface area (Å²) >= 11 is 3.40. The number of hydrogen-bond acceptors (Lipinski definition) is 2. The van der Waals surface area contributed by atoms with Crippen molar-refractivity contribution in [2.24, 2.45) is 11.8 Å². The van der Waals surface area contributed by atoms with Gasteiger partial charge in [-0.2, -0.15) is 0 Å². The van der Waals surface area contributed by atoms with Gasteiger partial charge in [0.25, 0.3) is 0 Å². The average Bonchev–Trinajstić information content (AvgIpc) is 2.67. The van der Waals surface area contributed by atoms with E-state index in [1.54, 1.807) is 6.07 Å². The summed E-state index contributed by atoms with van der Waals surface area (Å²) in [4.78, 5) is 0. The third-order valence-corrected chi connectivity index (χ3v) is 3.93.